The number of nitrogens with one attached hydrogen (secondary N) is 1. The van der Waals surface area contributed by atoms with Crippen LogP contribution in [0.5, 0.6) is 0 Å². The largest absolute Gasteiger partial charge is 0.374 e. The zero-order chi connectivity index (χ0) is 18.6. The van der Waals surface area contributed by atoms with Gasteiger partial charge in [0.05, 0.1) is 6.54 Å². The number of imide groups is 1. The van der Waals surface area contributed by atoms with Gasteiger partial charge in [-0.2, -0.15) is 0 Å². The highest BCUT2D eigenvalue weighted by Gasteiger charge is 2.60. The van der Waals surface area contributed by atoms with Crippen molar-refractivity contribution < 1.29 is 23.9 Å². The summed E-state index contributed by atoms with van der Waals surface area (Å²) in [6.45, 7) is -0.312. The molecule has 2 atom stereocenters. The Balaban J connectivity index is 1.81. The van der Waals surface area contributed by atoms with Crippen molar-refractivity contribution in [2.45, 2.75) is 24.7 Å². The number of benzene rings is 1. The zero-order valence-corrected chi connectivity index (χ0v) is 14.9. The molecule has 26 heavy (non-hydrogen) atoms. The van der Waals surface area contributed by atoms with E-state index in [1.165, 1.54) is 29.0 Å². The number of halogens is 2. The standard InChI is InChI=1S/C17H13BrFN3O4/c18-10-4-3-9(11(19)6-10)8-21-14(24)12-2-1-5-22(12)17(16(21)26)7-13(23)20-15(17)25/h1-6,13,23H,7-8H2,(H,20,25)/t13?,17-/m1/s1. The summed E-state index contributed by atoms with van der Waals surface area (Å²) < 4.78 is 16.0. The number of carbonyl (C=O) groups excluding carboxylic acids is 3. The minimum atomic E-state index is -1.75. The normalized spacial score (nSPS) is 25.0. The number of aliphatic hydroxyl groups is 1. The third kappa shape index (κ3) is 2.24. The van der Waals surface area contributed by atoms with Gasteiger partial charge in [0.25, 0.3) is 17.7 Å². The number of rotatable bonds is 2. The molecule has 2 aromatic rings. The minimum Gasteiger partial charge on any atom is -0.374 e. The number of amides is 3. The highest BCUT2D eigenvalue weighted by Crippen LogP contribution is 2.37. The predicted molar refractivity (Wildman–Crippen MR) is 90.2 cm³/mol. The second-order valence-electron chi connectivity index (χ2n) is 6.25. The van der Waals surface area contributed by atoms with Crippen LogP contribution in [0.4, 0.5) is 4.39 Å². The van der Waals surface area contributed by atoms with Gasteiger partial charge in [-0.15, -0.1) is 0 Å². The molecule has 1 unspecified atom stereocenters. The van der Waals surface area contributed by atoms with E-state index in [2.05, 4.69) is 21.2 Å². The molecule has 1 spiro atoms. The summed E-state index contributed by atoms with van der Waals surface area (Å²) in [5.41, 5.74) is -1.48. The average Bonchev–Trinajstić information content (AvgIpc) is 3.17. The Hall–Kier alpha value is -2.52. The Morgan fingerprint density at radius 1 is 1.31 bits per heavy atom. The first-order valence-electron chi connectivity index (χ1n) is 7.81. The lowest BCUT2D eigenvalue weighted by Crippen LogP contribution is -2.60. The van der Waals surface area contributed by atoms with E-state index in [0.717, 1.165) is 4.90 Å². The molecule has 7 nitrogen and oxygen atoms in total. The molecule has 0 radical (unpaired) electrons. The lowest BCUT2D eigenvalue weighted by Gasteiger charge is -2.38. The summed E-state index contributed by atoms with van der Waals surface area (Å²) in [6, 6.07) is 7.33. The molecule has 0 bridgehead atoms. The molecule has 1 saturated heterocycles. The van der Waals surface area contributed by atoms with Gasteiger partial charge in [-0.05, 0) is 24.3 Å². The number of hydrogen-bond donors (Lipinski definition) is 2. The molecule has 134 valence electrons. The molecule has 3 heterocycles. The molecule has 3 amide bonds. The zero-order valence-electron chi connectivity index (χ0n) is 13.3. The third-order valence-electron chi connectivity index (χ3n) is 4.73. The van der Waals surface area contributed by atoms with Crippen LogP contribution >= 0.6 is 15.9 Å². The van der Waals surface area contributed by atoms with Crippen LogP contribution in [0.15, 0.2) is 41.0 Å². The van der Waals surface area contributed by atoms with Crippen LogP contribution in [0.1, 0.15) is 22.5 Å². The molecule has 0 saturated carbocycles. The smallest absolute Gasteiger partial charge is 0.277 e. The van der Waals surface area contributed by atoms with Crippen LogP contribution < -0.4 is 5.32 Å². The van der Waals surface area contributed by atoms with E-state index in [-0.39, 0.29) is 24.2 Å². The number of aliphatic hydroxyl groups excluding tert-OH is 1. The fourth-order valence-electron chi connectivity index (χ4n) is 3.50. The van der Waals surface area contributed by atoms with Crippen molar-refractivity contribution in [3.8, 4) is 0 Å². The van der Waals surface area contributed by atoms with E-state index in [9.17, 15) is 23.9 Å². The summed E-state index contributed by atoms with van der Waals surface area (Å²) in [7, 11) is 0. The van der Waals surface area contributed by atoms with E-state index in [1.807, 2.05) is 0 Å². The first kappa shape index (κ1) is 16.9. The number of nitrogens with zero attached hydrogens (tertiary/aromatic N) is 2. The van der Waals surface area contributed by atoms with Gasteiger partial charge in [0, 0.05) is 22.7 Å². The van der Waals surface area contributed by atoms with Crippen LogP contribution in [-0.4, -0.2) is 38.5 Å². The maximum Gasteiger partial charge on any atom is 0.277 e. The van der Waals surface area contributed by atoms with Gasteiger partial charge in [0.2, 0.25) is 5.54 Å². The van der Waals surface area contributed by atoms with Crippen molar-refractivity contribution in [2.24, 2.45) is 0 Å². The molecule has 1 aromatic heterocycles. The summed E-state index contributed by atoms with van der Waals surface area (Å²) in [6.07, 6.45) is 0.0420. The van der Waals surface area contributed by atoms with Crippen LogP contribution in [0, 0.1) is 5.82 Å². The second kappa shape index (κ2) is 5.75. The summed E-state index contributed by atoms with van der Waals surface area (Å²) in [5, 5.41) is 12.2. The molecule has 2 aliphatic rings. The van der Waals surface area contributed by atoms with Crippen molar-refractivity contribution in [1.82, 2.24) is 14.8 Å². The highest BCUT2D eigenvalue weighted by atomic mass is 79.9. The molecule has 0 aliphatic carbocycles. The van der Waals surface area contributed by atoms with E-state index >= 15 is 0 Å². The van der Waals surface area contributed by atoms with Crippen molar-refractivity contribution in [2.75, 3.05) is 0 Å². The first-order valence-corrected chi connectivity index (χ1v) is 8.61. The fraction of sp³-hybridized carbons (Fsp3) is 0.235. The Labute approximate surface area is 155 Å². The van der Waals surface area contributed by atoms with Crippen LogP contribution in [0.25, 0.3) is 0 Å². The van der Waals surface area contributed by atoms with E-state index in [0.29, 0.717) is 4.47 Å². The number of hydrogen-bond acceptors (Lipinski definition) is 4. The SMILES string of the molecule is O=C1c2cccn2[C@@]2(CC(O)NC2=O)C(=O)N1Cc1ccc(Br)cc1F. The monoisotopic (exact) mass is 421 g/mol. The van der Waals surface area contributed by atoms with E-state index < -0.39 is 35.3 Å². The van der Waals surface area contributed by atoms with Gasteiger partial charge in [-0.1, -0.05) is 22.0 Å². The van der Waals surface area contributed by atoms with Crippen molar-refractivity contribution in [3.05, 3.63) is 58.1 Å². The molecule has 1 aromatic carbocycles. The molecule has 9 heteroatoms. The Morgan fingerprint density at radius 2 is 2.08 bits per heavy atom. The first-order chi connectivity index (χ1) is 12.3. The van der Waals surface area contributed by atoms with Gasteiger partial charge in [-0.3, -0.25) is 19.3 Å². The molecular weight excluding hydrogens is 409 g/mol. The molecule has 1 fully saturated rings. The van der Waals surface area contributed by atoms with Gasteiger partial charge in [0.15, 0.2) is 0 Å². The minimum absolute atomic E-state index is 0.131. The van der Waals surface area contributed by atoms with Crippen molar-refractivity contribution >= 4 is 33.7 Å². The number of aromatic nitrogens is 1. The van der Waals surface area contributed by atoms with Crippen molar-refractivity contribution in [1.29, 1.82) is 0 Å². The lowest BCUT2D eigenvalue weighted by atomic mass is 9.91. The average molecular weight is 422 g/mol. The fourth-order valence-corrected chi connectivity index (χ4v) is 3.83. The maximum absolute atomic E-state index is 14.2. The van der Waals surface area contributed by atoms with Crippen LogP contribution in [0.2, 0.25) is 0 Å². The maximum atomic E-state index is 14.2. The van der Waals surface area contributed by atoms with Crippen LogP contribution in [0.3, 0.4) is 0 Å². The lowest BCUT2D eigenvalue weighted by molar-refractivity contribution is -0.146. The highest BCUT2D eigenvalue weighted by molar-refractivity contribution is 9.10. The molecule has 4 rings (SSSR count). The number of carbonyl (C=O) groups is 3. The van der Waals surface area contributed by atoms with Crippen molar-refractivity contribution in [3.63, 3.8) is 0 Å². The summed E-state index contributed by atoms with van der Waals surface area (Å²) >= 11 is 3.15. The Morgan fingerprint density at radius 3 is 2.73 bits per heavy atom. The topological polar surface area (TPSA) is 91.6 Å². The van der Waals surface area contributed by atoms with Gasteiger partial charge >= 0.3 is 0 Å². The Bertz CT molecular complexity index is 959. The van der Waals surface area contributed by atoms with Gasteiger partial charge in [0.1, 0.15) is 17.7 Å². The Kier molecular flexibility index (Phi) is 3.74. The second-order valence-corrected chi connectivity index (χ2v) is 7.16. The molecule has 2 N–H and O–H groups in total. The quantitative estimate of drug-likeness (QED) is 0.561. The third-order valence-corrected chi connectivity index (χ3v) is 5.22. The molecular formula is C17H13BrFN3O4. The number of fused-ring (bicyclic) bond motifs is 2. The van der Waals surface area contributed by atoms with Gasteiger partial charge in [-0.25, -0.2) is 4.39 Å². The van der Waals surface area contributed by atoms with Crippen LogP contribution in [-0.2, 0) is 21.7 Å². The van der Waals surface area contributed by atoms with E-state index in [4.69, 9.17) is 0 Å². The summed E-state index contributed by atoms with van der Waals surface area (Å²) in [5.74, 6) is -2.68. The predicted octanol–water partition coefficient (Wildman–Crippen LogP) is 1.11. The van der Waals surface area contributed by atoms with E-state index in [1.54, 1.807) is 12.1 Å². The molecule has 2 aliphatic heterocycles. The summed E-state index contributed by atoms with van der Waals surface area (Å²) in [4.78, 5) is 39.3. The van der Waals surface area contributed by atoms with Gasteiger partial charge < -0.3 is 15.0 Å².